The first-order valence-corrected chi connectivity index (χ1v) is 29.8. The third-order valence-corrected chi connectivity index (χ3v) is 13.9. The van der Waals surface area contributed by atoms with E-state index in [-0.39, 0.29) is 0 Å². The molecule has 0 bridgehead atoms. The third kappa shape index (κ3) is 24.2. The minimum atomic E-state index is 0.575. The highest BCUT2D eigenvalue weighted by Crippen LogP contribution is 2.31. The topological polar surface area (TPSA) is 25.0 Å². The summed E-state index contributed by atoms with van der Waals surface area (Å²) in [7, 11) is 2.25. The molecule has 9 rings (SSSR count). The highest BCUT2D eigenvalue weighted by Gasteiger charge is 2.24. The Balaban J connectivity index is 0.000000845. The van der Waals surface area contributed by atoms with Crippen molar-refractivity contribution in [3.63, 3.8) is 0 Å². The lowest BCUT2D eigenvalue weighted by atomic mass is 9.87. The van der Waals surface area contributed by atoms with Gasteiger partial charge >= 0.3 is 0 Å². The van der Waals surface area contributed by atoms with E-state index in [1.54, 1.807) is 11.1 Å². The molecule has 0 spiro atoms. The Morgan fingerprint density at radius 2 is 0.903 bits per heavy atom. The standard InChI is InChI=1S/C14H21N.C13H19N.C12H17N.C11H15N.C7H15N.5C2H6/c1-11(2)15(3)14-9-8-12-6-4-5-7-13(12)10-14;1-10(2)14-13-9-5-7-11-6-3-4-8-12(11)13;1-10(2)13-9-5-7-11-6-3-4-8-12(11)13;1-9(2)12-7-10-5-3-4-6-11(10)8-12;1-7(2)8-5-3-4-6-8;5*1-2/h4-7,11,14H,8-10H2,1-3H3;3-4,6,8,10,13-14H,5,7,9H2,1-2H3;3-4,6,8,10H,5,7,9H2,1-2H3;3-6,9H,7-8H2,1-2H3;7H,3-6H2,1-2H3;5*1-2H3. The first-order chi connectivity index (χ1) is 34.8. The Labute approximate surface area is 449 Å². The average molecular weight is 993 g/mol. The molecule has 2 aliphatic carbocycles. The molecule has 5 nitrogen and oxygen atoms in total. The van der Waals surface area contributed by atoms with E-state index in [4.69, 9.17) is 0 Å². The number of nitrogens with one attached hydrogen (secondary N) is 1. The molecule has 4 aromatic rings. The van der Waals surface area contributed by atoms with E-state index in [0.717, 1.165) is 25.2 Å². The van der Waals surface area contributed by atoms with E-state index < -0.39 is 0 Å². The van der Waals surface area contributed by atoms with Crippen LogP contribution in [0.2, 0.25) is 0 Å². The fourth-order valence-electron chi connectivity index (χ4n) is 9.86. The minimum absolute atomic E-state index is 0.575. The second kappa shape index (κ2) is 40.9. The minimum Gasteiger partial charge on any atom is -0.369 e. The van der Waals surface area contributed by atoms with Crippen molar-refractivity contribution in [1.29, 1.82) is 0 Å². The number of hydrogen-bond acceptors (Lipinski definition) is 5. The quantitative estimate of drug-likeness (QED) is 0.199. The summed E-state index contributed by atoms with van der Waals surface area (Å²) in [5, 5.41) is 3.64. The van der Waals surface area contributed by atoms with Crippen molar-refractivity contribution in [3.8, 4) is 0 Å². The lowest BCUT2D eigenvalue weighted by Crippen LogP contribution is -2.40. The molecule has 72 heavy (non-hydrogen) atoms. The number of para-hydroxylation sites is 1. The number of anilines is 1. The monoisotopic (exact) mass is 992 g/mol. The summed E-state index contributed by atoms with van der Waals surface area (Å²) in [5.41, 5.74) is 12.2. The van der Waals surface area contributed by atoms with E-state index in [2.05, 4.69) is 198 Å². The number of fused-ring (bicyclic) bond motifs is 4. The molecule has 0 aromatic heterocycles. The van der Waals surface area contributed by atoms with E-state index >= 15 is 0 Å². The van der Waals surface area contributed by atoms with Gasteiger partial charge in [-0.25, -0.2) is 0 Å². The number of hydrogen-bond donors (Lipinski definition) is 1. The van der Waals surface area contributed by atoms with Crippen molar-refractivity contribution >= 4 is 5.69 Å². The molecule has 2 unspecified atom stereocenters. The fourth-order valence-corrected chi connectivity index (χ4v) is 9.86. The van der Waals surface area contributed by atoms with Crippen molar-refractivity contribution in [2.75, 3.05) is 31.6 Å². The lowest BCUT2D eigenvalue weighted by molar-refractivity contribution is 0.179. The molecule has 0 radical (unpaired) electrons. The second-order valence-electron chi connectivity index (χ2n) is 20.0. The molecule has 1 fully saturated rings. The fraction of sp³-hybridized carbons (Fsp3) is 0.642. The van der Waals surface area contributed by atoms with Gasteiger partial charge < -0.3 is 20.0 Å². The van der Waals surface area contributed by atoms with Gasteiger partial charge in [-0.2, -0.15) is 0 Å². The van der Waals surface area contributed by atoms with E-state index in [1.807, 2.05) is 69.2 Å². The predicted octanol–water partition coefficient (Wildman–Crippen LogP) is 17.8. The molecule has 3 aliphatic heterocycles. The van der Waals surface area contributed by atoms with Crippen molar-refractivity contribution in [2.24, 2.45) is 0 Å². The number of likely N-dealkylation sites (tertiary alicyclic amines) is 1. The maximum absolute atomic E-state index is 3.64. The lowest BCUT2D eigenvalue weighted by Gasteiger charge is -2.35. The van der Waals surface area contributed by atoms with Gasteiger partial charge in [0.2, 0.25) is 0 Å². The summed E-state index contributed by atoms with van der Waals surface area (Å²) in [6.45, 7) is 48.7. The molecular weight excluding hydrogens is 875 g/mol. The second-order valence-corrected chi connectivity index (χ2v) is 20.0. The van der Waals surface area contributed by atoms with Crippen molar-refractivity contribution < 1.29 is 0 Å². The Hall–Kier alpha value is -3.48. The SMILES string of the molecule is CC.CC.CC.CC.CC.CC(C)N(C)C1CCc2ccccc2C1.CC(C)N1CCCC1.CC(C)N1CCCc2ccccc21.CC(C)N1Cc2ccccc2C1.CC(C)NC1CCCc2ccccc21. The number of rotatable bonds is 7. The summed E-state index contributed by atoms with van der Waals surface area (Å²) >= 11 is 0. The van der Waals surface area contributed by atoms with Gasteiger partial charge in [0.1, 0.15) is 0 Å². The highest BCUT2D eigenvalue weighted by atomic mass is 15.2. The van der Waals surface area contributed by atoms with Gasteiger partial charge in [-0.05, 0) is 185 Å². The van der Waals surface area contributed by atoms with Gasteiger partial charge in [-0.1, -0.05) is 174 Å². The molecule has 0 amide bonds. The van der Waals surface area contributed by atoms with Gasteiger partial charge in [0.05, 0.1) is 0 Å². The smallest absolute Gasteiger partial charge is 0.0401 e. The zero-order chi connectivity index (χ0) is 54.6. The van der Waals surface area contributed by atoms with Crippen LogP contribution in [0.25, 0.3) is 0 Å². The summed E-state index contributed by atoms with van der Waals surface area (Å²) in [6.07, 6.45) is 13.0. The van der Waals surface area contributed by atoms with E-state index in [1.165, 1.54) is 117 Å². The Morgan fingerprint density at radius 1 is 0.444 bits per heavy atom. The van der Waals surface area contributed by atoms with E-state index in [0.29, 0.717) is 30.2 Å². The predicted molar refractivity (Wildman–Crippen MR) is 326 cm³/mol. The maximum atomic E-state index is 3.64. The van der Waals surface area contributed by atoms with Crippen molar-refractivity contribution in [1.82, 2.24) is 20.0 Å². The van der Waals surface area contributed by atoms with Crippen LogP contribution in [0.15, 0.2) is 97.1 Å². The zero-order valence-electron chi connectivity index (χ0n) is 51.2. The Kier molecular flexibility index (Phi) is 38.9. The molecule has 2 atom stereocenters. The van der Waals surface area contributed by atoms with Crippen LogP contribution >= 0.6 is 0 Å². The van der Waals surface area contributed by atoms with Gasteiger partial charge in [-0.15, -0.1) is 0 Å². The highest BCUT2D eigenvalue weighted by molar-refractivity contribution is 5.56. The number of benzene rings is 4. The maximum Gasteiger partial charge on any atom is 0.0401 e. The molecule has 1 saturated heterocycles. The van der Waals surface area contributed by atoms with Crippen molar-refractivity contribution in [2.45, 2.75) is 258 Å². The van der Waals surface area contributed by atoms with Crippen LogP contribution in [0.4, 0.5) is 5.69 Å². The normalized spacial score (nSPS) is 17.1. The van der Waals surface area contributed by atoms with Crippen LogP contribution < -0.4 is 10.2 Å². The van der Waals surface area contributed by atoms with Gasteiger partial charge in [0.15, 0.2) is 0 Å². The average Bonchev–Trinajstić information content (AvgIpc) is 4.14. The van der Waals surface area contributed by atoms with E-state index in [9.17, 15) is 0 Å². The molecule has 4 aromatic carbocycles. The first kappa shape index (κ1) is 68.5. The summed E-state index contributed by atoms with van der Waals surface area (Å²) < 4.78 is 0. The summed E-state index contributed by atoms with van der Waals surface area (Å²) in [6, 6.07) is 39.8. The number of nitrogens with zero attached hydrogens (tertiary/aromatic N) is 4. The third-order valence-electron chi connectivity index (χ3n) is 13.9. The molecule has 410 valence electrons. The summed E-state index contributed by atoms with van der Waals surface area (Å²) in [4.78, 5) is 10.0. The van der Waals surface area contributed by atoms with Crippen LogP contribution in [-0.2, 0) is 38.8 Å². The van der Waals surface area contributed by atoms with Crippen LogP contribution in [0.5, 0.6) is 0 Å². The largest absolute Gasteiger partial charge is 0.369 e. The number of likely N-dealkylation sites (N-methyl/N-ethyl adjacent to an activating group) is 1. The van der Waals surface area contributed by atoms with Crippen LogP contribution in [-0.4, -0.2) is 77.6 Å². The molecule has 5 heteroatoms. The molecule has 0 saturated carbocycles. The van der Waals surface area contributed by atoms with Crippen LogP contribution in [0, 0.1) is 0 Å². The first-order valence-electron chi connectivity index (χ1n) is 29.8. The van der Waals surface area contributed by atoms with Crippen molar-refractivity contribution in [3.05, 3.63) is 136 Å². The van der Waals surface area contributed by atoms with Gasteiger partial charge in [-0.3, -0.25) is 4.90 Å². The van der Waals surface area contributed by atoms with Crippen LogP contribution in [0.3, 0.4) is 0 Å². The van der Waals surface area contributed by atoms with Gasteiger partial charge in [0.25, 0.3) is 0 Å². The Bertz CT molecular complexity index is 1850. The van der Waals surface area contributed by atoms with Gasteiger partial charge in [0, 0.05) is 67.6 Å². The number of aryl methyl sites for hydroxylation is 3. The zero-order valence-corrected chi connectivity index (χ0v) is 51.2. The van der Waals surface area contributed by atoms with Crippen LogP contribution in [0.1, 0.15) is 222 Å². The molecule has 3 heterocycles. The summed E-state index contributed by atoms with van der Waals surface area (Å²) in [5.74, 6) is 0. The molecular formula is C67H117N5. The molecule has 1 N–H and O–H groups in total. The molecule has 5 aliphatic rings. The Morgan fingerprint density at radius 3 is 1.39 bits per heavy atom.